The third-order valence-corrected chi connectivity index (χ3v) is 3.20. The summed E-state index contributed by atoms with van der Waals surface area (Å²) in [5.41, 5.74) is 6.67. The molecule has 0 saturated carbocycles. The lowest BCUT2D eigenvalue weighted by Crippen LogP contribution is -2.02. The number of nitrogens with two attached hydrogens (primary N) is 1. The third-order valence-electron chi connectivity index (χ3n) is 2.27. The van der Waals surface area contributed by atoms with Crippen molar-refractivity contribution in [2.45, 2.75) is 13.0 Å². The van der Waals surface area contributed by atoms with E-state index in [1.165, 1.54) is 0 Å². The largest absolute Gasteiger partial charge is 0.459 e. The zero-order valence-electron chi connectivity index (χ0n) is 8.71. The molecule has 2 nitrogen and oxygen atoms in total. The molecule has 0 spiro atoms. The molecule has 2 aromatic rings. The van der Waals surface area contributed by atoms with E-state index in [9.17, 15) is 0 Å². The highest BCUT2D eigenvalue weighted by Gasteiger charge is 2.10. The maximum absolute atomic E-state index is 5.95. The van der Waals surface area contributed by atoms with Crippen LogP contribution in [-0.4, -0.2) is 0 Å². The van der Waals surface area contributed by atoms with Crippen molar-refractivity contribution in [1.82, 2.24) is 0 Å². The summed E-state index contributed by atoms with van der Waals surface area (Å²) in [7, 11) is 0. The van der Waals surface area contributed by atoms with Crippen LogP contribution < -0.4 is 5.73 Å². The lowest BCUT2D eigenvalue weighted by Gasteiger charge is -2.03. The van der Waals surface area contributed by atoms with Gasteiger partial charge in [-0.05, 0) is 37.3 Å². The number of rotatable bonds is 2. The molecule has 1 aromatic heterocycles. The van der Waals surface area contributed by atoms with Crippen molar-refractivity contribution in [2.75, 3.05) is 0 Å². The Balaban J connectivity index is 2.46. The lowest BCUT2D eigenvalue weighted by atomic mass is 10.2. The van der Waals surface area contributed by atoms with Gasteiger partial charge in [0.15, 0.2) is 0 Å². The van der Waals surface area contributed by atoms with E-state index >= 15 is 0 Å². The van der Waals surface area contributed by atoms with E-state index in [2.05, 4.69) is 15.9 Å². The first-order valence-electron chi connectivity index (χ1n) is 4.88. The fourth-order valence-electron chi connectivity index (χ4n) is 1.43. The van der Waals surface area contributed by atoms with Gasteiger partial charge in [-0.25, -0.2) is 0 Å². The van der Waals surface area contributed by atoms with Gasteiger partial charge in [-0.2, -0.15) is 0 Å². The molecule has 0 fully saturated rings. The second-order valence-electron chi connectivity index (χ2n) is 3.61. The molecular weight excluding hydrogens is 289 g/mol. The Labute approximate surface area is 108 Å². The van der Waals surface area contributed by atoms with Crippen LogP contribution in [0.4, 0.5) is 0 Å². The highest BCUT2D eigenvalue weighted by molar-refractivity contribution is 9.10. The van der Waals surface area contributed by atoms with Gasteiger partial charge in [-0.3, -0.25) is 0 Å². The predicted molar refractivity (Wildman–Crippen MR) is 69.5 cm³/mol. The Bertz CT molecular complexity index is 507. The fraction of sp³-hybridized carbons (Fsp3) is 0.167. The van der Waals surface area contributed by atoms with Crippen LogP contribution in [0.25, 0.3) is 11.3 Å². The molecule has 0 aliphatic rings. The lowest BCUT2D eigenvalue weighted by molar-refractivity contribution is 0.491. The summed E-state index contributed by atoms with van der Waals surface area (Å²) >= 11 is 9.41. The van der Waals surface area contributed by atoms with Gasteiger partial charge in [0.2, 0.25) is 0 Å². The summed E-state index contributed by atoms with van der Waals surface area (Å²) in [6.45, 7) is 1.88. The first kappa shape index (κ1) is 11.7. The molecule has 1 atom stereocenters. The maximum Gasteiger partial charge on any atom is 0.135 e. The van der Waals surface area contributed by atoms with Crippen molar-refractivity contribution in [2.24, 2.45) is 5.73 Å². The zero-order valence-corrected chi connectivity index (χ0v) is 11.0. The highest BCUT2D eigenvalue weighted by atomic mass is 79.9. The Kier molecular flexibility index (Phi) is 3.38. The SMILES string of the molecule is CC(N)c1ccc(-c2cc(Cl)ccc2Br)o1. The average molecular weight is 301 g/mol. The van der Waals surface area contributed by atoms with E-state index in [4.69, 9.17) is 21.8 Å². The molecule has 0 amide bonds. The van der Waals surface area contributed by atoms with E-state index in [0.29, 0.717) is 5.02 Å². The van der Waals surface area contributed by atoms with E-state index in [-0.39, 0.29) is 6.04 Å². The normalized spacial score (nSPS) is 12.8. The van der Waals surface area contributed by atoms with Crippen LogP contribution in [0.5, 0.6) is 0 Å². The van der Waals surface area contributed by atoms with Gasteiger partial charge in [0.05, 0.1) is 6.04 Å². The third kappa shape index (κ3) is 2.32. The number of benzene rings is 1. The monoisotopic (exact) mass is 299 g/mol. The quantitative estimate of drug-likeness (QED) is 0.894. The van der Waals surface area contributed by atoms with Crippen molar-refractivity contribution in [3.63, 3.8) is 0 Å². The molecule has 2 N–H and O–H groups in total. The standard InChI is InChI=1S/C12H11BrClNO/c1-7(15)11-4-5-12(16-11)9-6-8(14)2-3-10(9)13/h2-7H,15H2,1H3. The average Bonchev–Trinajstić information content (AvgIpc) is 2.70. The summed E-state index contributed by atoms with van der Waals surface area (Å²) in [5, 5.41) is 0.678. The van der Waals surface area contributed by atoms with Gasteiger partial charge in [-0.15, -0.1) is 0 Å². The molecule has 4 heteroatoms. The smallest absolute Gasteiger partial charge is 0.135 e. The highest BCUT2D eigenvalue weighted by Crippen LogP contribution is 2.32. The van der Waals surface area contributed by atoms with Crippen molar-refractivity contribution >= 4 is 27.5 Å². The van der Waals surface area contributed by atoms with E-state index in [0.717, 1.165) is 21.6 Å². The van der Waals surface area contributed by atoms with Crippen LogP contribution in [0.15, 0.2) is 39.2 Å². The zero-order chi connectivity index (χ0) is 11.7. The summed E-state index contributed by atoms with van der Waals surface area (Å²) in [6, 6.07) is 9.25. The van der Waals surface area contributed by atoms with Crippen molar-refractivity contribution < 1.29 is 4.42 Å². The minimum absolute atomic E-state index is 0.105. The van der Waals surface area contributed by atoms with Crippen LogP contribution in [-0.2, 0) is 0 Å². The van der Waals surface area contributed by atoms with Crippen LogP contribution in [0, 0.1) is 0 Å². The molecule has 16 heavy (non-hydrogen) atoms. The van der Waals surface area contributed by atoms with Gasteiger partial charge >= 0.3 is 0 Å². The van der Waals surface area contributed by atoms with Crippen molar-refractivity contribution in [3.05, 3.63) is 45.6 Å². The summed E-state index contributed by atoms with van der Waals surface area (Å²) in [5.74, 6) is 1.53. The predicted octanol–water partition coefficient (Wildman–Crippen LogP) is 4.38. The van der Waals surface area contributed by atoms with Crippen molar-refractivity contribution in [3.8, 4) is 11.3 Å². The molecule has 0 bridgehead atoms. The Morgan fingerprint density at radius 3 is 2.69 bits per heavy atom. The first-order valence-corrected chi connectivity index (χ1v) is 6.06. The molecule has 84 valence electrons. The second-order valence-corrected chi connectivity index (χ2v) is 4.91. The molecule has 1 heterocycles. The minimum Gasteiger partial charge on any atom is -0.459 e. The topological polar surface area (TPSA) is 39.2 Å². The van der Waals surface area contributed by atoms with Crippen molar-refractivity contribution in [1.29, 1.82) is 0 Å². The van der Waals surface area contributed by atoms with Crippen LogP contribution in [0.3, 0.4) is 0 Å². The Morgan fingerprint density at radius 2 is 2.06 bits per heavy atom. The number of hydrogen-bond acceptors (Lipinski definition) is 2. The molecule has 0 aliphatic heterocycles. The van der Waals surface area contributed by atoms with Crippen LogP contribution in [0.1, 0.15) is 18.7 Å². The van der Waals surface area contributed by atoms with Gasteiger partial charge in [0.25, 0.3) is 0 Å². The van der Waals surface area contributed by atoms with Gasteiger partial charge < -0.3 is 10.2 Å². The van der Waals surface area contributed by atoms with Crippen LogP contribution >= 0.6 is 27.5 Å². The maximum atomic E-state index is 5.95. The summed E-state index contributed by atoms with van der Waals surface area (Å²) in [4.78, 5) is 0. The summed E-state index contributed by atoms with van der Waals surface area (Å²) < 4.78 is 6.60. The fourth-order valence-corrected chi connectivity index (χ4v) is 2.04. The Morgan fingerprint density at radius 1 is 1.31 bits per heavy atom. The number of halogens is 2. The molecule has 2 rings (SSSR count). The van der Waals surface area contributed by atoms with Crippen LogP contribution in [0.2, 0.25) is 5.02 Å². The molecular formula is C12H11BrClNO. The summed E-state index contributed by atoms with van der Waals surface area (Å²) in [6.07, 6.45) is 0. The van der Waals surface area contributed by atoms with E-state index in [1.54, 1.807) is 0 Å². The van der Waals surface area contributed by atoms with Gasteiger partial charge in [0, 0.05) is 15.1 Å². The van der Waals surface area contributed by atoms with E-state index in [1.807, 2.05) is 37.3 Å². The molecule has 0 radical (unpaired) electrons. The minimum atomic E-state index is -0.105. The molecule has 0 aliphatic carbocycles. The van der Waals surface area contributed by atoms with E-state index < -0.39 is 0 Å². The number of hydrogen-bond donors (Lipinski definition) is 1. The van der Waals surface area contributed by atoms with Gasteiger partial charge in [-0.1, -0.05) is 27.5 Å². The second kappa shape index (κ2) is 4.62. The first-order chi connectivity index (χ1) is 7.58. The molecule has 0 saturated heterocycles. The number of furan rings is 1. The molecule has 1 unspecified atom stereocenters. The van der Waals surface area contributed by atoms with Gasteiger partial charge in [0.1, 0.15) is 11.5 Å². The molecule has 1 aromatic carbocycles. The Hall–Kier alpha value is -0.770.